The first-order chi connectivity index (χ1) is 16.6. The molecule has 3 aromatic rings. The second-order valence-corrected chi connectivity index (χ2v) is 8.21. The zero-order valence-electron chi connectivity index (χ0n) is 20.3. The van der Waals surface area contributed by atoms with Gasteiger partial charge < -0.3 is 14.4 Å². The van der Waals surface area contributed by atoms with Crippen molar-refractivity contribution < 1.29 is 14.3 Å². The molecule has 1 aliphatic rings. The molecule has 0 bridgehead atoms. The molecule has 0 spiro atoms. The molecule has 9 nitrogen and oxygen atoms in total. The molecule has 0 radical (unpaired) electrons. The van der Waals surface area contributed by atoms with Crippen molar-refractivity contribution in [3.63, 3.8) is 0 Å². The van der Waals surface area contributed by atoms with Gasteiger partial charge in [0.1, 0.15) is 5.75 Å². The van der Waals surface area contributed by atoms with E-state index in [0.29, 0.717) is 28.9 Å². The molecule has 1 aliphatic heterocycles. The number of aromatic nitrogens is 4. The summed E-state index contributed by atoms with van der Waals surface area (Å²) in [6.45, 7) is 7.96. The molecule has 1 aromatic carbocycles. The average molecular weight is 465 g/mol. The summed E-state index contributed by atoms with van der Waals surface area (Å²) in [6.07, 6.45) is 4.25. The maximum atomic E-state index is 13.4. The van der Waals surface area contributed by atoms with E-state index in [-0.39, 0.29) is 12.5 Å². The first kappa shape index (κ1) is 23.8. The van der Waals surface area contributed by atoms with Crippen molar-refractivity contribution in [3.05, 3.63) is 54.0 Å². The number of amides is 1. The van der Waals surface area contributed by atoms with Crippen LogP contribution in [0.1, 0.15) is 36.3 Å². The van der Waals surface area contributed by atoms with Crippen LogP contribution in [0.25, 0.3) is 17.2 Å². The quantitative estimate of drug-likeness (QED) is 0.481. The van der Waals surface area contributed by atoms with Crippen LogP contribution in [0, 0.1) is 0 Å². The van der Waals surface area contributed by atoms with Crippen molar-refractivity contribution >= 4 is 5.91 Å². The highest BCUT2D eigenvalue weighted by atomic mass is 16.5. The van der Waals surface area contributed by atoms with Crippen molar-refractivity contribution in [2.24, 2.45) is 0 Å². The van der Waals surface area contributed by atoms with Gasteiger partial charge in [-0.2, -0.15) is 9.78 Å². The Balaban J connectivity index is 1.64. The molecule has 0 saturated carbocycles. The summed E-state index contributed by atoms with van der Waals surface area (Å²) in [7, 11) is 3.23. The zero-order chi connectivity index (χ0) is 24.1. The third-order valence-electron chi connectivity index (χ3n) is 6.37. The Bertz CT molecular complexity index is 1130. The largest absolute Gasteiger partial charge is 0.496 e. The second-order valence-electron chi connectivity index (χ2n) is 8.21. The van der Waals surface area contributed by atoms with E-state index in [1.54, 1.807) is 31.3 Å². The van der Waals surface area contributed by atoms with Crippen LogP contribution in [-0.2, 0) is 11.3 Å². The summed E-state index contributed by atoms with van der Waals surface area (Å²) in [5, 5.41) is 4.48. The van der Waals surface area contributed by atoms with Gasteiger partial charge in [0.05, 0.1) is 36.9 Å². The third-order valence-corrected chi connectivity index (χ3v) is 6.37. The van der Waals surface area contributed by atoms with Crippen LogP contribution < -0.4 is 4.74 Å². The number of benzene rings is 1. The molecule has 1 fully saturated rings. The summed E-state index contributed by atoms with van der Waals surface area (Å²) < 4.78 is 12.5. The topological polar surface area (TPSA) is 85.6 Å². The van der Waals surface area contributed by atoms with Crippen molar-refractivity contribution in [1.29, 1.82) is 0 Å². The number of hydrogen-bond donors (Lipinski definition) is 0. The lowest BCUT2D eigenvalue weighted by atomic mass is 10.1. The Morgan fingerprint density at radius 3 is 2.71 bits per heavy atom. The first-order valence-corrected chi connectivity index (χ1v) is 11.7. The molecule has 1 amide bonds. The summed E-state index contributed by atoms with van der Waals surface area (Å²) in [5.74, 6) is 1.06. The normalized spacial score (nSPS) is 15.8. The number of likely N-dealkylation sites (N-methyl/N-ethyl adjacent to an activating group) is 1. The van der Waals surface area contributed by atoms with Crippen LogP contribution in [0.5, 0.6) is 5.75 Å². The van der Waals surface area contributed by atoms with E-state index in [1.807, 2.05) is 35.2 Å². The van der Waals surface area contributed by atoms with Crippen LogP contribution >= 0.6 is 0 Å². The summed E-state index contributed by atoms with van der Waals surface area (Å²) in [5.41, 5.74) is 2.71. The zero-order valence-corrected chi connectivity index (χ0v) is 20.3. The number of nitrogens with zero attached hydrogens (tertiary/aromatic N) is 6. The van der Waals surface area contributed by atoms with Gasteiger partial charge in [0.25, 0.3) is 11.9 Å². The monoisotopic (exact) mass is 464 g/mol. The molecule has 1 saturated heterocycles. The van der Waals surface area contributed by atoms with Crippen molar-refractivity contribution in [3.8, 4) is 23.0 Å². The number of ether oxygens (including phenoxy) is 2. The predicted molar refractivity (Wildman–Crippen MR) is 129 cm³/mol. The van der Waals surface area contributed by atoms with Gasteiger partial charge in [-0.15, -0.1) is 0 Å². The molecular weight excluding hydrogens is 432 g/mol. The highest BCUT2D eigenvalue weighted by molar-refractivity contribution is 5.95. The minimum atomic E-state index is -0.0335. The second kappa shape index (κ2) is 10.8. The molecule has 0 N–H and O–H groups in total. The Morgan fingerprint density at radius 1 is 1.18 bits per heavy atom. The van der Waals surface area contributed by atoms with Crippen LogP contribution in [0.15, 0.2) is 42.7 Å². The summed E-state index contributed by atoms with van der Waals surface area (Å²) >= 11 is 0. The molecule has 1 atom stereocenters. The molecule has 180 valence electrons. The Kier molecular flexibility index (Phi) is 7.54. The number of carbonyl (C=O) groups excluding carboxylic acids is 1. The van der Waals surface area contributed by atoms with Crippen LogP contribution in [0.4, 0.5) is 0 Å². The van der Waals surface area contributed by atoms with Gasteiger partial charge in [-0.3, -0.25) is 9.69 Å². The Morgan fingerprint density at radius 2 is 1.97 bits per heavy atom. The molecule has 9 heteroatoms. The van der Waals surface area contributed by atoms with Gasteiger partial charge in [-0.1, -0.05) is 26.0 Å². The molecule has 3 heterocycles. The average Bonchev–Trinajstić information content (AvgIpc) is 3.53. The summed E-state index contributed by atoms with van der Waals surface area (Å²) in [4.78, 5) is 26.9. The van der Waals surface area contributed by atoms with Gasteiger partial charge in [0.15, 0.2) is 0 Å². The fraction of sp³-hybridized carbons (Fsp3) is 0.440. The minimum absolute atomic E-state index is 0.0335. The molecule has 2 aromatic heterocycles. The Labute approximate surface area is 200 Å². The highest BCUT2D eigenvalue weighted by Gasteiger charge is 2.32. The van der Waals surface area contributed by atoms with Crippen molar-refractivity contribution in [2.45, 2.75) is 32.9 Å². The molecule has 34 heavy (non-hydrogen) atoms. The third kappa shape index (κ3) is 4.67. The SMILES string of the molecule is CCN(CC)[C@@H]1CCN(C(=O)c2cnn(-c3nccc(-c4ccccc4OC)n3)c2COC)C1. The van der Waals surface area contributed by atoms with Crippen LogP contribution in [0.2, 0.25) is 0 Å². The van der Waals surface area contributed by atoms with Gasteiger partial charge in [-0.25, -0.2) is 9.97 Å². The summed E-state index contributed by atoms with van der Waals surface area (Å²) in [6, 6.07) is 9.89. The highest BCUT2D eigenvalue weighted by Crippen LogP contribution is 2.28. The van der Waals surface area contributed by atoms with Gasteiger partial charge in [0.2, 0.25) is 0 Å². The number of para-hydroxylation sites is 1. The minimum Gasteiger partial charge on any atom is -0.496 e. The van der Waals surface area contributed by atoms with E-state index >= 15 is 0 Å². The maximum Gasteiger partial charge on any atom is 0.257 e. The molecule has 0 aliphatic carbocycles. The van der Waals surface area contributed by atoms with E-state index in [4.69, 9.17) is 14.5 Å². The lowest BCUT2D eigenvalue weighted by Gasteiger charge is -2.26. The van der Waals surface area contributed by atoms with E-state index < -0.39 is 0 Å². The molecule has 4 rings (SSSR count). The molecular formula is C25H32N6O3. The first-order valence-electron chi connectivity index (χ1n) is 11.7. The van der Waals surface area contributed by atoms with E-state index in [2.05, 4.69) is 28.8 Å². The van der Waals surface area contributed by atoms with Crippen molar-refractivity contribution in [2.75, 3.05) is 40.4 Å². The number of likely N-dealkylation sites (tertiary alicyclic amines) is 1. The van der Waals surface area contributed by atoms with Gasteiger partial charge in [0, 0.05) is 38.0 Å². The van der Waals surface area contributed by atoms with E-state index in [9.17, 15) is 4.79 Å². The molecule has 0 unspecified atom stereocenters. The van der Waals surface area contributed by atoms with E-state index in [0.717, 1.165) is 43.9 Å². The lowest BCUT2D eigenvalue weighted by molar-refractivity contribution is 0.0772. The predicted octanol–water partition coefficient (Wildman–Crippen LogP) is 3.04. The smallest absolute Gasteiger partial charge is 0.257 e. The number of carbonyl (C=O) groups is 1. The fourth-order valence-corrected chi connectivity index (χ4v) is 4.59. The lowest BCUT2D eigenvalue weighted by Crippen LogP contribution is -2.38. The maximum absolute atomic E-state index is 13.4. The fourth-order valence-electron chi connectivity index (χ4n) is 4.59. The number of rotatable bonds is 9. The van der Waals surface area contributed by atoms with Gasteiger partial charge >= 0.3 is 0 Å². The number of methoxy groups -OCH3 is 2. The Hall–Kier alpha value is -3.30. The van der Waals surface area contributed by atoms with Crippen LogP contribution in [0.3, 0.4) is 0 Å². The van der Waals surface area contributed by atoms with Crippen LogP contribution in [-0.4, -0.2) is 81.9 Å². The van der Waals surface area contributed by atoms with Gasteiger partial charge in [-0.05, 0) is 37.7 Å². The van der Waals surface area contributed by atoms with E-state index in [1.165, 1.54) is 0 Å². The van der Waals surface area contributed by atoms with Crippen molar-refractivity contribution in [1.82, 2.24) is 29.5 Å². The number of hydrogen-bond acceptors (Lipinski definition) is 7. The standard InChI is InChI=1S/C25H32N6O3/c1-5-29(6-2)18-12-14-30(16-18)24(32)20-15-27-31(22(20)17-33-3)25-26-13-11-21(28-25)19-9-7-8-10-23(19)34-4/h7-11,13,15,18H,5-6,12,14,16-17H2,1-4H3/t18-/m1/s1.